The molecule has 0 fully saturated rings. The number of aliphatic hydroxyl groups is 1. The largest absolute Gasteiger partial charge is 0.508 e. The second-order valence-corrected chi connectivity index (χ2v) is 5.27. The number of rotatable bonds is 1. The molecule has 1 aromatic heterocycles. The van der Waals surface area contributed by atoms with Crippen molar-refractivity contribution < 1.29 is 5.11 Å². The molecule has 0 amide bonds. The third-order valence-electron chi connectivity index (χ3n) is 4.05. The summed E-state index contributed by atoms with van der Waals surface area (Å²) in [5.41, 5.74) is 6.92. The zero-order chi connectivity index (χ0) is 13.7. The standard InChI is InChI=1S/C14H15N5O/c1-7-8(5-15-18-7)12-4-13(20)14-9-6-16-19-10(9)2-3-11(14)17-12/h2-6,9-10,12,17,19-20H,1H3,(H,15,18). The average Bonchev–Trinajstić information content (AvgIpc) is 3.06. The van der Waals surface area contributed by atoms with Crippen LogP contribution >= 0.6 is 0 Å². The van der Waals surface area contributed by atoms with E-state index in [4.69, 9.17) is 0 Å². The maximum Gasteiger partial charge on any atom is 0.120 e. The van der Waals surface area contributed by atoms with Crippen LogP contribution in [0.4, 0.5) is 0 Å². The van der Waals surface area contributed by atoms with E-state index >= 15 is 0 Å². The van der Waals surface area contributed by atoms with Gasteiger partial charge in [-0.2, -0.15) is 10.2 Å². The molecule has 20 heavy (non-hydrogen) atoms. The molecule has 0 saturated carbocycles. The first kappa shape index (κ1) is 11.3. The Labute approximate surface area is 116 Å². The van der Waals surface area contributed by atoms with Crippen LogP contribution in [-0.4, -0.2) is 27.6 Å². The minimum Gasteiger partial charge on any atom is -0.508 e. The topological polar surface area (TPSA) is 85.3 Å². The predicted molar refractivity (Wildman–Crippen MR) is 75.0 cm³/mol. The number of fused-ring (bicyclic) bond motifs is 2. The van der Waals surface area contributed by atoms with Crippen molar-refractivity contribution in [1.82, 2.24) is 20.9 Å². The van der Waals surface area contributed by atoms with Crippen molar-refractivity contribution >= 4 is 6.21 Å². The van der Waals surface area contributed by atoms with Gasteiger partial charge in [-0.1, -0.05) is 6.08 Å². The second-order valence-electron chi connectivity index (χ2n) is 5.27. The predicted octanol–water partition coefficient (Wildman–Crippen LogP) is 1.20. The number of dihydropyridines is 1. The fourth-order valence-electron chi connectivity index (χ4n) is 3.00. The minimum absolute atomic E-state index is 0.0694. The van der Waals surface area contributed by atoms with Crippen LogP contribution in [0.5, 0.6) is 0 Å². The summed E-state index contributed by atoms with van der Waals surface area (Å²) >= 11 is 0. The lowest BCUT2D eigenvalue weighted by Gasteiger charge is -2.31. The van der Waals surface area contributed by atoms with Crippen molar-refractivity contribution in [2.24, 2.45) is 11.0 Å². The summed E-state index contributed by atoms with van der Waals surface area (Å²) in [4.78, 5) is 0. The zero-order valence-corrected chi connectivity index (χ0v) is 11.0. The van der Waals surface area contributed by atoms with Crippen LogP contribution in [0.1, 0.15) is 17.3 Å². The van der Waals surface area contributed by atoms with E-state index in [1.807, 2.05) is 25.3 Å². The van der Waals surface area contributed by atoms with Gasteiger partial charge >= 0.3 is 0 Å². The second kappa shape index (κ2) is 4.00. The number of allylic oxidation sites excluding steroid dienone is 2. The van der Waals surface area contributed by atoms with Crippen molar-refractivity contribution in [2.45, 2.75) is 19.0 Å². The highest BCUT2D eigenvalue weighted by atomic mass is 16.3. The average molecular weight is 269 g/mol. The van der Waals surface area contributed by atoms with Crippen molar-refractivity contribution in [1.29, 1.82) is 0 Å². The Morgan fingerprint density at radius 3 is 3.05 bits per heavy atom. The molecule has 2 aliphatic heterocycles. The minimum atomic E-state index is -0.0694. The van der Waals surface area contributed by atoms with E-state index in [1.54, 1.807) is 6.20 Å². The number of aliphatic hydroxyl groups excluding tert-OH is 1. The summed E-state index contributed by atoms with van der Waals surface area (Å²) in [6, 6.07) is 0.0679. The first-order valence-electron chi connectivity index (χ1n) is 6.62. The molecule has 0 radical (unpaired) electrons. The van der Waals surface area contributed by atoms with Crippen molar-refractivity contribution in [3.63, 3.8) is 0 Å². The monoisotopic (exact) mass is 269 g/mol. The number of hydrogen-bond donors (Lipinski definition) is 4. The van der Waals surface area contributed by atoms with Gasteiger partial charge in [0.05, 0.1) is 24.2 Å². The summed E-state index contributed by atoms with van der Waals surface area (Å²) in [6.45, 7) is 1.97. The molecular weight excluding hydrogens is 254 g/mol. The number of nitrogens with zero attached hydrogens (tertiary/aromatic N) is 2. The number of H-pyrrole nitrogens is 1. The third kappa shape index (κ3) is 1.51. The first-order valence-corrected chi connectivity index (χ1v) is 6.62. The van der Waals surface area contributed by atoms with Gasteiger partial charge in [0, 0.05) is 28.7 Å². The number of hydrogen-bond acceptors (Lipinski definition) is 5. The van der Waals surface area contributed by atoms with Gasteiger partial charge in [-0.3, -0.25) is 5.10 Å². The highest BCUT2D eigenvalue weighted by molar-refractivity contribution is 5.73. The Balaban J connectivity index is 1.73. The van der Waals surface area contributed by atoms with Gasteiger partial charge in [0.25, 0.3) is 0 Å². The lowest BCUT2D eigenvalue weighted by molar-refractivity contribution is 0.391. The molecule has 3 atom stereocenters. The van der Waals surface area contributed by atoms with Crippen LogP contribution in [0.3, 0.4) is 0 Å². The van der Waals surface area contributed by atoms with E-state index in [-0.39, 0.29) is 18.0 Å². The van der Waals surface area contributed by atoms with Crippen LogP contribution in [-0.2, 0) is 0 Å². The van der Waals surface area contributed by atoms with Gasteiger partial charge in [-0.25, -0.2) is 0 Å². The van der Waals surface area contributed by atoms with Crippen LogP contribution in [0.25, 0.3) is 0 Å². The lowest BCUT2D eigenvalue weighted by Crippen LogP contribution is -2.35. The van der Waals surface area contributed by atoms with E-state index in [2.05, 4.69) is 32.1 Å². The molecule has 1 aliphatic carbocycles. The van der Waals surface area contributed by atoms with Crippen LogP contribution < -0.4 is 10.7 Å². The van der Waals surface area contributed by atoms with E-state index in [9.17, 15) is 5.11 Å². The highest BCUT2D eigenvalue weighted by Crippen LogP contribution is 2.36. The van der Waals surface area contributed by atoms with Crippen LogP contribution in [0.2, 0.25) is 0 Å². The molecule has 0 bridgehead atoms. The van der Waals surface area contributed by atoms with Gasteiger partial charge in [-0.15, -0.1) is 0 Å². The molecule has 1 aromatic rings. The highest BCUT2D eigenvalue weighted by Gasteiger charge is 2.35. The van der Waals surface area contributed by atoms with E-state index in [0.29, 0.717) is 5.76 Å². The number of aromatic amines is 1. The molecule has 3 aliphatic rings. The Morgan fingerprint density at radius 2 is 2.25 bits per heavy atom. The van der Waals surface area contributed by atoms with Gasteiger partial charge in [-0.05, 0) is 19.1 Å². The van der Waals surface area contributed by atoms with E-state index < -0.39 is 0 Å². The molecule has 4 rings (SSSR count). The number of aryl methyl sites for hydroxylation is 1. The Hall–Kier alpha value is -2.50. The van der Waals surface area contributed by atoms with E-state index in [1.165, 1.54) is 0 Å². The van der Waals surface area contributed by atoms with Gasteiger partial charge in [0.2, 0.25) is 0 Å². The maximum atomic E-state index is 10.4. The molecule has 3 unspecified atom stereocenters. The number of aromatic nitrogens is 2. The van der Waals surface area contributed by atoms with Crippen LogP contribution in [0.15, 0.2) is 46.6 Å². The lowest BCUT2D eigenvalue weighted by atomic mass is 9.83. The number of hydrazone groups is 1. The summed E-state index contributed by atoms with van der Waals surface area (Å²) in [5.74, 6) is 0.406. The first-order chi connectivity index (χ1) is 9.74. The smallest absolute Gasteiger partial charge is 0.120 e. The van der Waals surface area contributed by atoms with Crippen molar-refractivity contribution in [3.8, 4) is 0 Å². The van der Waals surface area contributed by atoms with Crippen molar-refractivity contribution in [3.05, 3.63) is 52.7 Å². The molecule has 6 heteroatoms. The summed E-state index contributed by atoms with van der Waals surface area (Å²) in [6.07, 6.45) is 9.54. The molecule has 102 valence electrons. The molecule has 0 spiro atoms. The van der Waals surface area contributed by atoms with Gasteiger partial charge < -0.3 is 15.8 Å². The fraction of sp³-hybridized carbons (Fsp3) is 0.286. The normalized spacial score (nSPS) is 30.4. The molecule has 0 aromatic carbocycles. The molecule has 3 heterocycles. The quantitative estimate of drug-likeness (QED) is 0.617. The van der Waals surface area contributed by atoms with Gasteiger partial charge in [0.15, 0.2) is 0 Å². The fourth-order valence-corrected chi connectivity index (χ4v) is 3.00. The van der Waals surface area contributed by atoms with E-state index in [0.717, 1.165) is 22.5 Å². The Morgan fingerprint density at radius 1 is 1.35 bits per heavy atom. The number of nitrogens with one attached hydrogen (secondary N) is 3. The van der Waals surface area contributed by atoms with Crippen LogP contribution in [0, 0.1) is 12.8 Å². The third-order valence-corrected chi connectivity index (χ3v) is 4.05. The zero-order valence-electron chi connectivity index (χ0n) is 11.0. The summed E-state index contributed by atoms with van der Waals surface area (Å²) < 4.78 is 0. The maximum absolute atomic E-state index is 10.4. The van der Waals surface area contributed by atoms with Gasteiger partial charge in [0.1, 0.15) is 5.76 Å². The molecule has 6 nitrogen and oxygen atoms in total. The SMILES string of the molecule is Cc1[nH]ncc1C1C=C(O)C2=C(C=CC3NN=CC23)N1. The molecular formula is C14H15N5O. The molecule has 0 saturated heterocycles. The molecule has 4 N–H and O–H groups in total. The summed E-state index contributed by atoms with van der Waals surface area (Å²) in [7, 11) is 0. The summed E-state index contributed by atoms with van der Waals surface area (Å²) in [5, 5.41) is 24.9. The van der Waals surface area contributed by atoms with Crippen molar-refractivity contribution in [2.75, 3.05) is 0 Å². The Kier molecular flexibility index (Phi) is 2.26. The Bertz CT molecular complexity index is 681.